The van der Waals surface area contributed by atoms with Crippen molar-refractivity contribution in [2.75, 3.05) is 18.5 Å². The van der Waals surface area contributed by atoms with Gasteiger partial charge >= 0.3 is 0 Å². The molecule has 0 aromatic heterocycles. The Morgan fingerprint density at radius 2 is 2.12 bits per heavy atom. The van der Waals surface area contributed by atoms with Gasteiger partial charge in [0.2, 0.25) is 0 Å². The molecule has 0 saturated heterocycles. The van der Waals surface area contributed by atoms with Gasteiger partial charge in [0.25, 0.3) is 0 Å². The van der Waals surface area contributed by atoms with Crippen LogP contribution in [0.4, 0.5) is 5.69 Å². The van der Waals surface area contributed by atoms with E-state index in [1.807, 2.05) is 0 Å². The third-order valence-corrected chi connectivity index (χ3v) is 3.82. The number of nitrogens with two attached hydrogens (primary N) is 1. The molecule has 1 heterocycles. The van der Waals surface area contributed by atoms with E-state index in [1.165, 1.54) is 36.2 Å². The highest BCUT2D eigenvalue weighted by atomic mass is 15.1. The molecule has 1 aromatic carbocycles. The summed E-state index contributed by atoms with van der Waals surface area (Å²) in [6.07, 6.45) is 3.47. The average molecular weight is 232 g/mol. The van der Waals surface area contributed by atoms with E-state index in [4.69, 9.17) is 5.73 Å². The standard InChI is InChI=1S/C15H24N2/c1-11(2)14(16)10-12-6-7-15-13(9-12)5-4-8-17(15)3/h6-7,9,11,14H,4-5,8,10,16H2,1-3H3. The lowest BCUT2D eigenvalue weighted by atomic mass is 9.93. The van der Waals surface area contributed by atoms with Crippen LogP contribution in [-0.2, 0) is 12.8 Å². The minimum absolute atomic E-state index is 0.273. The zero-order valence-electron chi connectivity index (χ0n) is 11.2. The van der Waals surface area contributed by atoms with Gasteiger partial charge in [-0.25, -0.2) is 0 Å². The molecule has 0 radical (unpaired) electrons. The maximum atomic E-state index is 6.14. The van der Waals surface area contributed by atoms with Crippen LogP contribution in [0.1, 0.15) is 31.4 Å². The van der Waals surface area contributed by atoms with E-state index in [2.05, 4.69) is 44.0 Å². The molecule has 1 aliphatic rings. The normalized spacial score (nSPS) is 17.1. The van der Waals surface area contributed by atoms with Crippen LogP contribution in [0.2, 0.25) is 0 Å². The molecule has 0 amide bonds. The molecule has 1 atom stereocenters. The highest BCUT2D eigenvalue weighted by molar-refractivity contribution is 5.56. The topological polar surface area (TPSA) is 29.3 Å². The van der Waals surface area contributed by atoms with Crippen molar-refractivity contribution in [2.45, 2.75) is 39.2 Å². The van der Waals surface area contributed by atoms with Gasteiger partial charge in [-0.3, -0.25) is 0 Å². The maximum Gasteiger partial charge on any atom is 0.0396 e. The van der Waals surface area contributed by atoms with Gasteiger partial charge in [0.15, 0.2) is 0 Å². The summed E-state index contributed by atoms with van der Waals surface area (Å²) in [5, 5.41) is 0. The van der Waals surface area contributed by atoms with Crippen molar-refractivity contribution >= 4 is 5.69 Å². The van der Waals surface area contributed by atoms with Crippen LogP contribution < -0.4 is 10.6 Å². The lowest BCUT2D eigenvalue weighted by Crippen LogP contribution is -2.29. The number of nitrogens with zero attached hydrogens (tertiary/aromatic N) is 1. The Morgan fingerprint density at radius 1 is 1.35 bits per heavy atom. The monoisotopic (exact) mass is 232 g/mol. The van der Waals surface area contributed by atoms with Crippen LogP contribution in [0.5, 0.6) is 0 Å². The Hall–Kier alpha value is -1.02. The molecular weight excluding hydrogens is 208 g/mol. The summed E-state index contributed by atoms with van der Waals surface area (Å²) >= 11 is 0. The molecule has 0 fully saturated rings. The Kier molecular flexibility index (Phi) is 3.72. The summed E-state index contributed by atoms with van der Waals surface area (Å²) in [4.78, 5) is 2.35. The molecule has 0 saturated carbocycles. The number of benzene rings is 1. The highest BCUT2D eigenvalue weighted by Crippen LogP contribution is 2.27. The van der Waals surface area contributed by atoms with Crippen LogP contribution in [0, 0.1) is 5.92 Å². The summed E-state index contributed by atoms with van der Waals surface area (Å²) in [6, 6.07) is 7.13. The Bertz CT molecular complexity index is 385. The number of hydrogen-bond donors (Lipinski definition) is 1. The van der Waals surface area contributed by atoms with Gasteiger partial charge in [0.05, 0.1) is 0 Å². The van der Waals surface area contributed by atoms with Crippen molar-refractivity contribution in [1.82, 2.24) is 0 Å². The first-order valence-electron chi connectivity index (χ1n) is 6.66. The largest absolute Gasteiger partial charge is 0.374 e. The second kappa shape index (κ2) is 5.09. The molecule has 2 rings (SSSR count). The Balaban J connectivity index is 2.16. The van der Waals surface area contributed by atoms with Crippen molar-refractivity contribution in [3.05, 3.63) is 29.3 Å². The van der Waals surface area contributed by atoms with E-state index in [0.29, 0.717) is 5.92 Å². The molecule has 0 spiro atoms. The average Bonchev–Trinajstić information content (AvgIpc) is 2.29. The molecule has 1 unspecified atom stereocenters. The summed E-state index contributed by atoms with van der Waals surface area (Å²) in [5.74, 6) is 0.550. The maximum absolute atomic E-state index is 6.14. The third-order valence-electron chi connectivity index (χ3n) is 3.82. The number of rotatable bonds is 3. The molecule has 94 valence electrons. The second-order valence-electron chi connectivity index (χ2n) is 5.60. The van der Waals surface area contributed by atoms with Gasteiger partial charge < -0.3 is 10.6 Å². The lowest BCUT2D eigenvalue weighted by Gasteiger charge is -2.28. The van der Waals surface area contributed by atoms with Gasteiger partial charge in [0, 0.05) is 25.3 Å². The van der Waals surface area contributed by atoms with E-state index < -0.39 is 0 Å². The summed E-state index contributed by atoms with van der Waals surface area (Å²) in [7, 11) is 2.18. The van der Waals surface area contributed by atoms with Gasteiger partial charge in [-0.1, -0.05) is 26.0 Å². The molecule has 1 aromatic rings. The van der Waals surface area contributed by atoms with E-state index in [-0.39, 0.29) is 6.04 Å². The van der Waals surface area contributed by atoms with E-state index >= 15 is 0 Å². The van der Waals surface area contributed by atoms with Crippen LogP contribution >= 0.6 is 0 Å². The molecule has 2 nitrogen and oxygen atoms in total. The van der Waals surface area contributed by atoms with Crippen LogP contribution in [0.3, 0.4) is 0 Å². The van der Waals surface area contributed by atoms with E-state index in [0.717, 1.165) is 6.42 Å². The molecule has 2 heteroatoms. The highest BCUT2D eigenvalue weighted by Gasteiger charge is 2.15. The van der Waals surface area contributed by atoms with E-state index in [9.17, 15) is 0 Å². The third kappa shape index (κ3) is 2.81. The fourth-order valence-corrected chi connectivity index (χ4v) is 2.47. The van der Waals surface area contributed by atoms with Crippen LogP contribution in [0.15, 0.2) is 18.2 Å². The van der Waals surface area contributed by atoms with Crippen molar-refractivity contribution in [3.63, 3.8) is 0 Å². The van der Waals surface area contributed by atoms with Gasteiger partial charge in [-0.05, 0) is 42.4 Å². The first kappa shape index (κ1) is 12.4. The summed E-state index contributed by atoms with van der Waals surface area (Å²) < 4.78 is 0. The minimum Gasteiger partial charge on any atom is -0.374 e. The van der Waals surface area contributed by atoms with Gasteiger partial charge in [-0.2, -0.15) is 0 Å². The molecular formula is C15H24N2. The van der Waals surface area contributed by atoms with Crippen LogP contribution in [-0.4, -0.2) is 19.6 Å². The Morgan fingerprint density at radius 3 is 2.82 bits per heavy atom. The first-order valence-corrected chi connectivity index (χ1v) is 6.66. The number of anilines is 1. The summed E-state index contributed by atoms with van der Waals surface area (Å²) in [6.45, 7) is 5.56. The van der Waals surface area contributed by atoms with Gasteiger partial charge in [-0.15, -0.1) is 0 Å². The van der Waals surface area contributed by atoms with Crippen molar-refractivity contribution in [2.24, 2.45) is 11.7 Å². The molecule has 1 aliphatic heterocycles. The van der Waals surface area contributed by atoms with Crippen LogP contribution in [0.25, 0.3) is 0 Å². The minimum atomic E-state index is 0.273. The fraction of sp³-hybridized carbons (Fsp3) is 0.600. The second-order valence-corrected chi connectivity index (χ2v) is 5.60. The fourth-order valence-electron chi connectivity index (χ4n) is 2.47. The number of aryl methyl sites for hydroxylation is 1. The Labute approximate surface area is 105 Å². The predicted octanol–water partition coefficient (Wildman–Crippen LogP) is 2.59. The molecule has 0 aliphatic carbocycles. The molecule has 0 bridgehead atoms. The van der Waals surface area contributed by atoms with Crippen molar-refractivity contribution < 1.29 is 0 Å². The quantitative estimate of drug-likeness (QED) is 0.868. The number of fused-ring (bicyclic) bond motifs is 1. The van der Waals surface area contributed by atoms with Crippen molar-refractivity contribution in [1.29, 1.82) is 0 Å². The van der Waals surface area contributed by atoms with Gasteiger partial charge in [0.1, 0.15) is 0 Å². The molecule has 17 heavy (non-hydrogen) atoms. The van der Waals surface area contributed by atoms with E-state index in [1.54, 1.807) is 0 Å². The number of hydrogen-bond acceptors (Lipinski definition) is 2. The lowest BCUT2D eigenvalue weighted by molar-refractivity contribution is 0.490. The smallest absolute Gasteiger partial charge is 0.0396 e. The first-order chi connectivity index (χ1) is 8.08. The SMILES string of the molecule is CC(C)C(N)Cc1ccc2c(c1)CCCN2C. The zero-order valence-corrected chi connectivity index (χ0v) is 11.2. The summed E-state index contributed by atoms with van der Waals surface area (Å²) in [5.41, 5.74) is 10.4. The zero-order chi connectivity index (χ0) is 12.4. The molecule has 2 N–H and O–H groups in total. The van der Waals surface area contributed by atoms with Crippen molar-refractivity contribution in [3.8, 4) is 0 Å². The predicted molar refractivity (Wildman–Crippen MR) is 74.6 cm³/mol.